The first-order valence-corrected chi connectivity index (χ1v) is 7.43. The Morgan fingerprint density at radius 1 is 1.40 bits per heavy atom. The molecule has 4 heteroatoms. The summed E-state index contributed by atoms with van der Waals surface area (Å²) >= 11 is 0. The molecule has 1 aliphatic rings. The maximum atomic E-state index is 11.8. The van der Waals surface area contributed by atoms with Crippen molar-refractivity contribution in [1.82, 2.24) is 4.90 Å². The number of benzene rings is 1. The van der Waals surface area contributed by atoms with Crippen molar-refractivity contribution in [2.75, 3.05) is 19.7 Å². The molecule has 1 amide bonds. The molecule has 1 heterocycles. The van der Waals surface area contributed by atoms with Gasteiger partial charge in [-0.25, -0.2) is 0 Å². The van der Waals surface area contributed by atoms with Crippen molar-refractivity contribution in [3.05, 3.63) is 29.8 Å². The smallest absolute Gasteiger partial charge is 0.222 e. The van der Waals surface area contributed by atoms with Crippen molar-refractivity contribution in [1.29, 1.82) is 0 Å². The van der Waals surface area contributed by atoms with Crippen LogP contribution < -0.4 is 10.5 Å². The Bertz CT molecular complexity index is 448. The average Bonchev–Trinajstić information content (AvgIpc) is 2.84. The van der Waals surface area contributed by atoms with E-state index in [1.54, 1.807) is 0 Å². The van der Waals surface area contributed by atoms with Gasteiger partial charge in [0.1, 0.15) is 5.75 Å². The molecule has 0 aliphatic carbocycles. The number of likely N-dealkylation sites (tertiary alicyclic amines) is 1. The Hall–Kier alpha value is -1.55. The van der Waals surface area contributed by atoms with Crippen LogP contribution in [0.1, 0.15) is 31.7 Å². The maximum Gasteiger partial charge on any atom is 0.222 e. The number of nitrogens with two attached hydrogens (primary N) is 1. The summed E-state index contributed by atoms with van der Waals surface area (Å²) in [6.45, 7) is 4.96. The van der Waals surface area contributed by atoms with E-state index in [0.717, 1.165) is 37.2 Å². The number of nitrogens with zero attached hydrogens (tertiary/aromatic N) is 1. The lowest BCUT2D eigenvalue weighted by Gasteiger charge is -2.17. The Morgan fingerprint density at radius 2 is 2.20 bits per heavy atom. The van der Waals surface area contributed by atoms with Crippen LogP contribution in [0.15, 0.2) is 24.3 Å². The zero-order valence-electron chi connectivity index (χ0n) is 12.2. The fourth-order valence-corrected chi connectivity index (χ4v) is 2.59. The third-order valence-corrected chi connectivity index (χ3v) is 3.89. The fourth-order valence-electron chi connectivity index (χ4n) is 2.59. The summed E-state index contributed by atoms with van der Waals surface area (Å²) < 4.78 is 5.76. The highest BCUT2D eigenvalue weighted by molar-refractivity contribution is 5.78. The summed E-state index contributed by atoms with van der Waals surface area (Å²) in [7, 11) is 0. The van der Waals surface area contributed by atoms with Gasteiger partial charge in [-0.3, -0.25) is 4.79 Å². The molecule has 0 bridgehead atoms. The van der Waals surface area contributed by atoms with E-state index in [1.165, 1.54) is 0 Å². The van der Waals surface area contributed by atoms with E-state index in [9.17, 15) is 4.79 Å². The molecule has 4 nitrogen and oxygen atoms in total. The monoisotopic (exact) mass is 276 g/mol. The number of ether oxygens (including phenoxy) is 1. The Labute approximate surface area is 120 Å². The van der Waals surface area contributed by atoms with Gasteiger partial charge in [-0.1, -0.05) is 31.5 Å². The van der Waals surface area contributed by atoms with Crippen LogP contribution in [0.4, 0.5) is 0 Å². The van der Waals surface area contributed by atoms with Crippen LogP contribution in [0.2, 0.25) is 0 Å². The van der Waals surface area contributed by atoms with Crippen LogP contribution >= 0.6 is 0 Å². The SMILES string of the molecule is CCC1CC(=O)N(CCCOc2ccccc2CN)C1. The number of carbonyl (C=O) groups is 1. The second kappa shape index (κ2) is 7.29. The van der Waals surface area contributed by atoms with E-state index in [-0.39, 0.29) is 0 Å². The van der Waals surface area contributed by atoms with Crippen molar-refractivity contribution >= 4 is 5.91 Å². The number of carbonyl (C=O) groups excluding carboxylic acids is 1. The van der Waals surface area contributed by atoms with Crippen LogP contribution in [0.25, 0.3) is 0 Å². The van der Waals surface area contributed by atoms with Gasteiger partial charge in [0.25, 0.3) is 0 Å². The van der Waals surface area contributed by atoms with E-state index >= 15 is 0 Å². The highest BCUT2D eigenvalue weighted by Gasteiger charge is 2.27. The molecule has 1 aliphatic heterocycles. The molecule has 2 N–H and O–H groups in total. The predicted octanol–water partition coefficient (Wildman–Crippen LogP) is 2.17. The second-order valence-corrected chi connectivity index (χ2v) is 5.33. The number of hydrogen-bond acceptors (Lipinski definition) is 3. The number of para-hydroxylation sites is 1. The molecular weight excluding hydrogens is 252 g/mol. The Kier molecular flexibility index (Phi) is 5.41. The lowest BCUT2D eigenvalue weighted by atomic mass is 10.1. The largest absolute Gasteiger partial charge is 0.493 e. The first-order chi connectivity index (χ1) is 9.74. The summed E-state index contributed by atoms with van der Waals surface area (Å²) in [5.41, 5.74) is 6.69. The second-order valence-electron chi connectivity index (χ2n) is 5.33. The quantitative estimate of drug-likeness (QED) is 0.777. The third-order valence-electron chi connectivity index (χ3n) is 3.89. The van der Waals surface area contributed by atoms with Crippen molar-refractivity contribution in [2.45, 2.75) is 32.7 Å². The molecule has 1 aromatic rings. The van der Waals surface area contributed by atoms with Gasteiger partial charge in [0, 0.05) is 31.6 Å². The van der Waals surface area contributed by atoms with E-state index in [0.29, 0.717) is 31.4 Å². The van der Waals surface area contributed by atoms with Gasteiger partial charge in [-0.2, -0.15) is 0 Å². The first-order valence-electron chi connectivity index (χ1n) is 7.43. The summed E-state index contributed by atoms with van der Waals surface area (Å²) in [6.07, 6.45) is 2.66. The maximum absolute atomic E-state index is 11.8. The van der Waals surface area contributed by atoms with Gasteiger partial charge in [0.2, 0.25) is 5.91 Å². The summed E-state index contributed by atoms with van der Waals surface area (Å²) in [5.74, 6) is 1.69. The number of amides is 1. The molecule has 1 aromatic carbocycles. The highest BCUT2D eigenvalue weighted by atomic mass is 16.5. The molecule has 0 aromatic heterocycles. The van der Waals surface area contributed by atoms with Gasteiger partial charge in [0.05, 0.1) is 6.61 Å². The molecule has 2 rings (SSSR count). The van der Waals surface area contributed by atoms with Crippen molar-refractivity contribution in [3.8, 4) is 5.75 Å². The fraction of sp³-hybridized carbons (Fsp3) is 0.562. The molecule has 1 saturated heterocycles. The molecular formula is C16H24N2O2. The van der Waals surface area contributed by atoms with E-state index in [1.807, 2.05) is 29.2 Å². The zero-order valence-corrected chi connectivity index (χ0v) is 12.2. The normalized spacial score (nSPS) is 18.6. The Morgan fingerprint density at radius 3 is 2.90 bits per heavy atom. The summed E-state index contributed by atoms with van der Waals surface area (Å²) in [6, 6.07) is 7.83. The lowest BCUT2D eigenvalue weighted by Crippen LogP contribution is -2.27. The van der Waals surface area contributed by atoms with Crippen LogP contribution in [0.3, 0.4) is 0 Å². The molecule has 110 valence electrons. The van der Waals surface area contributed by atoms with Gasteiger partial charge in [-0.05, 0) is 18.4 Å². The van der Waals surface area contributed by atoms with Crippen LogP contribution in [0, 0.1) is 5.92 Å². The lowest BCUT2D eigenvalue weighted by molar-refractivity contribution is -0.127. The van der Waals surface area contributed by atoms with Crippen molar-refractivity contribution < 1.29 is 9.53 Å². The van der Waals surface area contributed by atoms with E-state index in [4.69, 9.17) is 10.5 Å². The molecule has 1 atom stereocenters. The van der Waals surface area contributed by atoms with Crippen LogP contribution in [-0.4, -0.2) is 30.5 Å². The minimum absolute atomic E-state index is 0.291. The molecule has 0 saturated carbocycles. The molecule has 20 heavy (non-hydrogen) atoms. The van der Waals surface area contributed by atoms with E-state index < -0.39 is 0 Å². The molecule has 1 fully saturated rings. The minimum Gasteiger partial charge on any atom is -0.493 e. The van der Waals surface area contributed by atoms with Crippen LogP contribution in [-0.2, 0) is 11.3 Å². The molecule has 0 spiro atoms. The van der Waals surface area contributed by atoms with Gasteiger partial charge >= 0.3 is 0 Å². The van der Waals surface area contributed by atoms with Gasteiger partial charge in [0.15, 0.2) is 0 Å². The number of rotatable bonds is 7. The molecule has 0 radical (unpaired) electrons. The van der Waals surface area contributed by atoms with Crippen LogP contribution in [0.5, 0.6) is 5.75 Å². The molecule has 1 unspecified atom stereocenters. The third kappa shape index (κ3) is 3.73. The zero-order chi connectivity index (χ0) is 14.4. The van der Waals surface area contributed by atoms with Crippen molar-refractivity contribution in [3.63, 3.8) is 0 Å². The predicted molar refractivity (Wildman–Crippen MR) is 79.4 cm³/mol. The van der Waals surface area contributed by atoms with Gasteiger partial charge in [-0.15, -0.1) is 0 Å². The minimum atomic E-state index is 0.291. The highest BCUT2D eigenvalue weighted by Crippen LogP contribution is 2.21. The number of hydrogen-bond donors (Lipinski definition) is 1. The summed E-state index contributed by atoms with van der Waals surface area (Å²) in [4.78, 5) is 13.7. The van der Waals surface area contributed by atoms with E-state index in [2.05, 4.69) is 6.92 Å². The topological polar surface area (TPSA) is 55.6 Å². The first kappa shape index (κ1) is 14.9. The van der Waals surface area contributed by atoms with Gasteiger partial charge < -0.3 is 15.4 Å². The Balaban J connectivity index is 1.73. The summed E-state index contributed by atoms with van der Waals surface area (Å²) in [5, 5.41) is 0. The van der Waals surface area contributed by atoms with Crippen molar-refractivity contribution in [2.24, 2.45) is 11.7 Å². The standard InChI is InChI=1S/C16H24N2O2/c1-2-13-10-16(19)18(12-13)8-5-9-20-15-7-4-3-6-14(15)11-17/h3-4,6-7,13H,2,5,8-12,17H2,1H3. The average molecular weight is 276 g/mol.